The standard InChI is InChI=1S/C8H13N3O2/c1-7(2)6(5-9)10(12)8(3,4)11(7)13/h13H,1-4H3. The molecule has 5 heteroatoms. The highest BCUT2D eigenvalue weighted by molar-refractivity contribution is 6.02. The summed E-state index contributed by atoms with van der Waals surface area (Å²) in [5.74, 6) is 0. The maximum absolute atomic E-state index is 11.5. The molecule has 0 saturated heterocycles. The summed E-state index contributed by atoms with van der Waals surface area (Å²) in [5.41, 5.74) is -1.96. The smallest absolute Gasteiger partial charge is 0.289 e. The van der Waals surface area contributed by atoms with Gasteiger partial charge < -0.3 is 10.4 Å². The van der Waals surface area contributed by atoms with Crippen molar-refractivity contribution < 1.29 is 9.95 Å². The molecule has 0 aromatic carbocycles. The Hall–Kier alpha value is -1.12. The van der Waals surface area contributed by atoms with Crippen LogP contribution in [-0.4, -0.2) is 31.9 Å². The van der Waals surface area contributed by atoms with Crippen molar-refractivity contribution in [3.63, 3.8) is 0 Å². The monoisotopic (exact) mass is 183 g/mol. The molecule has 0 spiro atoms. The summed E-state index contributed by atoms with van der Waals surface area (Å²) in [4.78, 5) is 0. The van der Waals surface area contributed by atoms with Crippen molar-refractivity contribution in [2.45, 2.75) is 38.9 Å². The van der Waals surface area contributed by atoms with E-state index in [1.807, 2.05) is 6.07 Å². The number of nitriles is 1. The van der Waals surface area contributed by atoms with Crippen molar-refractivity contribution in [2.24, 2.45) is 0 Å². The molecule has 0 unspecified atom stereocenters. The molecule has 0 radical (unpaired) electrons. The molecule has 1 N–H and O–H groups in total. The van der Waals surface area contributed by atoms with Crippen LogP contribution >= 0.6 is 0 Å². The quantitative estimate of drug-likeness (QED) is 0.442. The molecule has 1 rings (SSSR count). The van der Waals surface area contributed by atoms with E-state index < -0.39 is 11.2 Å². The molecule has 0 aromatic heterocycles. The predicted molar refractivity (Wildman–Crippen MR) is 46.0 cm³/mol. The Labute approximate surface area is 77.0 Å². The molecule has 1 aliphatic rings. The van der Waals surface area contributed by atoms with Gasteiger partial charge in [-0.2, -0.15) is 10.0 Å². The molecule has 0 saturated carbocycles. The molecule has 0 amide bonds. The van der Waals surface area contributed by atoms with Crippen LogP contribution in [0, 0.1) is 16.5 Å². The van der Waals surface area contributed by atoms with E-state index in [4.69, 9.17) is 5.26 Å². The lowest BCUT2D eigenvalue weighted by atomic mass is 10.00. The fourth-order valence-corrected chi connectivity index (χ4v) is 1.57. The summed E-state index contributed by atoms with van der Waals surface area (Å²) in [6.07, 6.45) is 0. The minimum absolute atomic E-state index is 0.0278. The average Bonchev–Trinajstić information content (AvgIpc) is 2.12. The van der Waals surface area contributed by atoms with Crippen molar-refractivity contribution in [1.29, 1.82) is 5.26 Å². The Morgan fingerprint density at radius 3 is 2.08 bits per heavy atom. The minimum Gasteiger partial charge on any atom is -0.622 e. The highest BCUT2D eigenvalue weighted by Gasteiger charge is 2.56. The van der Waals surface area contributed by atoms with Gasteiger partial charge in [0.25, 0.3) is 5.71 Å². The van der Waals surface area contributed by atoms with Crippen LogP contribution in [-0.2, 0) is 0 Å². The summed E-state index contributed by atoms with van der Waals surface area (Å²) in [6, 6.07) is 1.82. The zero-order valence-electron chi connectivity index (χ0n) is 8.20. The van der Waals surface area contributed by atoms with E-state index in [0.29, 0.717) is 4.74 Å². The third kappa shape index (κ3) is 1.03. The zero-order chi connectivity index (χ0) is 10.4. The molecule has 13 heavy (non-hydrogen) atoms. The van der Waals surface area contributed by atoms with Gasteiger partial charge >= 0.3 is 0 Å². The molecule has 0 aliphatic carbocycles. The topological polar surface area (TPSA) is 73.3 Å². The summed E-state index contributed by atoms with van der Waals surface area (Å²) in [5, 5.41) is 30.9. The van der Waals surface area contributed by atoms with Crippen LogP contribution in [0.3, 0.4) is 0 Å². The van der Waals surface area contributed by atoms with E-state index in [-0.39, 0.29) is 5.71 Å². The van der Waals surface area contributed by atoms with E-state index >= 15 is 0 Å². The molecule has 72 valence electrons. The summed E-state index contributed by atoms with van der Waals surface area (Å²) < 4.78 is 0.549. The number of rotatable bonds is 0. The number of hydroxylamine groups is 3. The second-order valence-electron chi connectivity index (χ2n) is 4.12. The van der Waals surface area contributed by atoms with Gasteiger partial charge in [0.05, 0.1) is 0 Å². The van der Waals surface area contributed by atoms with Crippen molar-refractivity contribution >= 4 is 5.71 Å². The van der Waals surface area contributed by atoms with Crippen molar-refractivity contribution in [3.05, 3.63) is 5.21 Å². The van der Waals surface area contributed by atoms with Gasteiger partial charge in [0.1, 0.15) is 5.54 Å². The lowest BCUT2D eigenvalue weighted by molar-refractivity contribution is -0.580. The maximum Gasteiger partial charge on any atom is 0.289 e. The fraction of sp³-hybridized carbons (Fsp3) is 0.750. The van der Waals surface area contributed by atoms with Crippen LogP contribution in [0.2, 0.25) is 0 Å². The van der Waals surface area contributed by atoms with E-state index in [0.717, 1.165) is 5.06 Å². The lowest BCUT2D eigenvalue weighted by Crippen LogP contribution is -2.51. The summed E-state index contributed by atoms with van der Waals surface area (Å²) in [7, 11) is 0. The highest BCUT2D eigenvalue weighted by Crippen LogP contribution is 2.31. The molecule has 0 bridgehead atoms. The van der Waals surface area contributed by atoms with Gasteiger partial charge in [-0.3, -0.25) is 0 Å². The lowest BCUT2D eigenvalue weighted by Gasteiger charge is -2.29. The zero-order valence-corrected chi connectivity index (χ0v) is 8.20. The van der Waals surface area contributed by atoms with Gasteiger partial charge in [-0.1, -0.05) is 0 Å². The Balaban J connectivity index is 3.34. The molecular formula is C8H13N3O2. The minimum atomic E-state index is -1.07. The summed E-state index contributed by atoms with van der Waals surface area (Å²) >= 11 is 0. The van der Waals surface area contributed by atoms with Gasteiger partial charge in [-0.05, 0) is 13.8 Å². The summed E-state index contributed by atoms with van der Waals surface area (Å²) in [6.45, 7) is 6.38. The third-order valence-electron chi connectivity index (χ3n) is 2.43. The second-order valence-corrected chi connectivity index (χ2v) is 4.12. The first-order chi connectivity index (χ1) is 5.76. The van der Waals surface area contributed by atoms with Gasteiger partial charge in [0.2, 0.25) is 5.66 Å². The van der Waals surface area contributed by atoms with Crippen LogP contribution in [0.1, 0.15) is 27.7 Å². The molecule has 0 fully saturated rings. The third-order valence-corrected chi connectivity index (χ3v) is 2.43. The molecule has 5 nitrogen and oxygen atoms in total. The van der Waals surface area contributed by atoms with E-state index in [1.165, 1.54) is 0 Å². The van der Waals surface area contributed by atoms with E-state index in [1.54, 1.807) is 27.7 Å². The van der Waals surface area contributed by atoms with Gasteiger partial charge in [0, 0.05) is 13.8 Å². The molecule has 0 aromatic rings. The SMILES string of the molecule is CC1(C)C(C#N)=[N+]([O-])C(C)(C)N1O. The van der Waals surface area contributed by atoms with Crippen molar-refractivity contribution in [2.75, 3.05) is 0 Å². The largest absolute Gasteiger partial charge is 0.622 e. The molecule has 1 heterocycles. The van der Waals surface area contributed by atoms with Crippen molar-refractivity contribution in [3.8, 4) is 6.07 Å². The Kier molecular flexibility index (Phi) is 1.87. The van der Waals surface area contributed by atoms with Crippen LogP contribution in [0.4, 0.5) is 0 Å². The van der Waals surface area contributed by atoms with Crippen LogP contribution < -0.4 is 0 Å². The molecule has 0 atom stereocenters. The first kappa shape index (κ1) is 9.96. The van der Waals surface area contributed by atoms with E-state index in [2.05, 4.69) is 0 Å². The highest BCUT2D eigenvalue weighted by atomic mass is 16.6. The molecule has 1 aliphatic heterocycles. The average molecular weight is 183 g/mol. The van der Waals surface area contributed by atoms with Gasteiger partial charge in [0.15, 0.2) is 6.07 Å². The van der Waals surface area contributed by atoms with Gasteiger partial charge in [-0.15, -0.1) is 5.06 Å². The van der Waals surface area contributed by atoms with Gasteiger partial charge in [-0.25, -0.2) is 0 Å². The van der Waals surface area contributed by atoms with E-state index in [9.17, 15) is 10.4 Å². The van der Waals surface area contributed by atoms with Crippen LogP contribution in [0.25, 0.3) is 0 Å². The Morgan fingerprint density at radius 1 is 1.46 bits per heavy atom. The van der Waals surface area contributed by atoms with Crippen LogP contribution in [0.5, 0.6) is 0 Å². The first-order valence-electron chi connectivity index (χ1n) is 4.00. The maximum atomic E-state index is 11.5. The molecular weight excluding hydrogens is 170 g/mol. The van der Waals surface area contributed by atoms with Crippen molar-refractivity contribution in [1.82, 2.24) is 5.06 Å². The first-order valence-corrected chi connectivity index (χ1v) is 4.00. The Bertz CT molecular complexity index is 312. The fourth-order valence-electron chi connectivity index (χ4n) is 1.57. The predicted octanol–water partition coefficient (Wildman–Crippen LogP) is 0.681. The Morgan fingerprint density at radius 2 is 1.92 bits per heavy atom. The normalized spacial score (nSPS) is 26.2. The number of hydrogen-bond donors (Lipinski definition) is 1. The number of hydrogen-bond acceptors (Lipinski definition) is 4. The number of nitrogens with zero attached hydrogens (tertiary/aromatic N) is 3. The van der Waals surface area contributed by atoms with Crippen LogP contribution in [0.15, 0.2) is 0 Å². The second kappa shape index (κ2) is 2.44.